The monoisotopic (exact) mass is 553 g/mol. The molecule has 0 radical (unpaired) electrons. The lowest BCUT2D eigenvalue weighted by molar-refractivity contribution is -0.140. The van der Waals surface area contributed by atoms with Crippen molar-refractivity contribution in [2.45, 2.75) is 38.9 Å². The molecule has 0 atom stereocenters. The maximum absolute atomic E-state index is 14.1. The molecule has 1 amide bonds. The summed E-state index contributed by atoms with van der Waals surface area (Å²) < 4.78 is 65.0. The number of aromatic nitrogens is 4. The Morgan fingerprint density at radius 2 is 1.88 bits per heavy atom. The number of carbonyl (C=O) groups is 1. The molecule has 3 heterocycles. The van der Waals surface area contributed by atoms with Gasteiger partial charge in [-0.3, -0.25) is 9.48 Å². The number of benzene rings is 2. The van der Waals surface area contributed by atoms with E-state index in [1.807, 2.05) is 11.5 Å². The zero-order valence-electron chi connectivity index (χ0n) is 22.0. The fourth-order valence-corrected chi connectivity index (χ4v) is 5.21. The Morgan fingerprint density at radius 3 is 2.58 bits per heavy atom. The van der Waals surface area contributed by atoms with Crippen LogP contribution in [0.1, 0.15) is 45.8 Å². The van der Waals surface area contributed by atoms with E-state index in [-0.39, 0.29) is 23.8 Å². The summed E-state index contributed by atoms with van der Waals surface area (Å²) in [5.74, 6) is 0.574. The number of rotatable bonds is 7. The zero-order chi connectivity index (χ0) is 28.2. The van der Waals surface area contributed by atoms with Crippen molar-refractivity contribution < 1.29 is 27.1 Å². The van der Waals surface area contributed by atoms with Crippen LogP contribution in [0.25, 0.3) is 11.1 Å². The van der Waals surface area contributed by atoms with Gasteiger partial charge in [0.15, 0.2) is 5.69 Å². The molecule has 4 aromatic rings. The second kappa shape index (κ2) is 9.79. The number of halogens is 4. The lowest BCUT2D eigenvalue weighted by Crippen LogP contribution is -2.38. The third-order valence-corrected chi connectivity index (χ3v) is 7.42. The summed E-state index contributed by atoms with van der Waals surface area (Å²) in [5.41, 5.74) is 1.14. The highest BCUT2D eigenvalue weighted by molar-refractivity contribution is 6.10. The van der Waals surface area contributed by atoms with Crippen LogP contribution in [0.3, 0.4) is 0 Å². The SMILES string of the molecule is Cc1nccn1Cc1cc2c(c(-c3cn(C)nc3C(F)(F)F)c1)CCN(c1ccc(F)cc1OCC1CC1)C2=O. The average molecular weight is 554 g/mol. The van der Waals surface area contributed by atoms with E-state index >= 15 is 0 Å². The van der Waals surface area contributed by atoms with Gasteiger partial charge >= 0.3 is 6.18 Å². The third kappa shape index (κ3) is 4.96. The summed E-state index contributed by atoms with van der Waals surface area (Å²) in [6, 6.07) is 7.50. The molecule has 0 saturated heterocycles. The lowest BCUT2D eigenvalue weighted by Gasteiger charge is -2.31. The van der Waals surface area contributed by atoms with Crippen LogP contribution in [0.15, 0.2) is 48.9 Å². The Morgan fingerprint density at radius 1 is 1.10 bits per heavy atom. The molecule has 1 aliphatic heterocycles. The van der Waals surface area contributed by atoms with Crippen molar-refractivity contribution in [2.24, 2.45) is 13.0 Å². The second-order valence-corrected chi connectivity index (χ2v) is 10.4. The lowest BCUT2D eigenvalue weighted by atomic mass is 9.88. The number of carbonyl (C=O) groups excluding carboxylic acids is 1. The smallest absolute Gasteiger partial charge is 0.435 e. The van der Waals surface area contributed by atoms with Crippen LogP contribution in [-0.4, -0.2) is 38.4 Å². The minimum atomic E-state index is -4.67. The molecule has 11 heteroatoms. The topological polar surface area (TPSA) is 65.2 Å². The Kier molecular flexibility index (Phi) is 6.39. The summed E-state index contributed by atoms with van der Waals surface area (Å²) in [7, 11) is 1.44. The van der Waals surface area contributed by atoms with E-state index in [0.29, 0.717) is 53.4 Å². The van der Waals surface area contributed by atoms with Gasteiger partial charge in [-0.05, 0) is 73.1 Å². The molecule has 0 bridgehead atoms. The van der Waals surface area contributed by atoms with Crippen molar-refractivity contribution in [3.8, 4) is 16.9 Å². The number of amides is 1. The van der Waals surface area contributed by atoms with Gasteiger partial charge < -0.3 is 14.2 Å². The van der Waals surface area contributed by atoms with Crippen LogP contribution in [-0.2, 0) is 26.2 Å². The van der Waals surface area contributed by atoms with Crippen LogP contribution in [0, 0.1) is 18.7 Å². The molecule has 2 aromatic carbocycles. The van der Waals surface area contributed by atoms with Crippen molar-refractivity contribution >= 4 is 11.6 Å². The van der Waals surface area contributed by atoms with Crippen molar-refractivity contribution in [3.05, 3.63) is 82.9 Å². The van der Waals surface area contributed by atoms with Crippen LogP contribution >= 0.6 is 0 Å². The standard InChI is InChI=1S/C29H27F4N5O2/c1-17-34-8-10-37(17)14-19-11-22(24-15-36(2)35-27(24)29(31,32)33)21-7-9-38(28(39)23(21)12-19)25-6-5-20(30)13-26(25)40-16-18-3-4-18/h5-6,8,10-13,15,18H,3-4,7,9,14,16H2,1-2H3. The van der Waals surface area contributed by atoms with Gasteiger partial charge in [0, 0.05) is 55.9 Å². The second-order valence-electron chi connectivity index (χ2n) is 10.4. The Bertz CT molecular complexity index is 1600. The van der Waals surface area contributed by atoms with Gasteiger partial charge in [-0.15, -0.1) is 0 Å². The average Bonchev–Trinajstić information content (AvgIpc) is 3.52. The van der Waals surface area contributed by atoms with Gasteiger partial charge in [-0.25, -0.2) is 9.37 Å². The van der Waals surface area contributed by atoms with Gasteiger partial charge in [0.05, 0.1) is 12.3 Å². The first kappa shape index (κ1) is 26.1. The Balaban J connectivity index is 1.46. The van der Waals surface area contributed by atoms with Crippen LogP contribution in [0.5, 0.6) is 5.75 Å². The van der Waals surface area contributed by atoms with E-state index in [1.165, 1.54) is 36.3 Å². The minimum Gasteiger partial charge on any atom is -0.491 e. The predicted molar refractivity (Wildman–Crippen MR) is 140 cm³/mol. The zero-order valence-corrected chi connectivity index (χ0v) is 22.0. The van der Waals surface area contributed by atoms with Crippen LogP contribution in [0.2, 0.25) is 0 Å². The van der Waals surface area contributed by atoms with E-state index in [9.17, 15) is 22.4 Å². The number of imidazole rings is 1. The number of hydrogen-bond acceptors (Lipinski definition) is 4. The van der Waals surface area contributed by atoms with E-state index in [0.717, 1.165) is 23.3 Å². The quantitative estimate of drug-likeness (QED) is 0.272. The van der Waals surface area contributed by atoms with Crippen molar-refractivity contribution in [1.82, 2.24) is 19.3 Å². The van der Waals surface area contributed by atoms with Gasteiger partial charge in [0.1, 0.15) is 17.4 Å². The molecule has 208 valence electrons. The number of hydrogen-bond donors (Lipinski definition) is 0. The summed E-state index contributed by atoms with van der Waals surface area (Å²) in [6.07, 6.45) is 2.48. The largest absolute Gasteiger partial charge is 0.491 e. The molecule has 0 unspecified atom stereocenters. The fourth-order valence-electron chi connectivity index (χ4n) is 5.21. The molecule has 0 spiro atoms. The molecule has 6 rings (SSSR count). The number of aryl methyl sites for hydroxylation is 2. The molecular weight excluding hydrogens is 526 g/mol. The van der Waals surface area contributed by atoms with E-state index in [2.05, 4.69) is 10.1 Å². The Labute approximate surface area is 228 Å². The first-order chi connectivity index (χ1) is 19.1. The van der Waals surface area contributed by atoms with Gasteiger partial charge in [-0.2, -0.15) is 18.3 Å². The third-order valence-electron chi connectivity index (χ3n) is 7.42. The molecule has 7 nitrogen and oxygen atoms in total. The van der Waals surface area contributed by atoms with Crippen LogP contribution < -0.4 is 9.64 Å². The molecule has 1 aliphatic carbocycles. The predicted octanol–water partition coefficient (Wildman–Crippen LogP) is 5.79. The van der Waals surface area contributed by atoms with Gasteiger partial charge in [0.25, 0.3) is 5.91 Å². The number of fused-ring (bicyclic) bond motifs is 1. The van der Waals surface area contributed by atoms with Crippen molar-refractivity contribution in [1.29, 1.82) is 0 Å². The summed E-state index contributed by atoms with van der Waals surface area (Å²) in [4.78, 5) is 19.8. The maximum atomic E-state index is 14.1. The molecule has 1 fully saturated rings. The molecule has 2 aromatic heterocycles. The molecule has 2 aliphatic rings. The first-order valence-corrected chi connectivity index (χ1v) is 13.1. The molecular formula is C29H27F4N5O2. The van der Waals surface area contributed by atoms with E-state index in [1.54, 1.807) is 24.5 Å². The molecule has 40 heavy (non-hydrogen) atoms. The first-order valence-electron chi connectivity index (χ1n) is 13.1. The molecule has 1 saturated carbocycles. The van der Waals surface area contributed by atoms with E-state index in [4.69, 9.17) is 4.74 Å². The van der Waals surface area contributed by atoms with Crippen molar-refractivity contribution in [3.63, 3.8) is 0 Å². The van der Waals surface area contributed by atoms with E-state index < -0.39 is 17.7 Å². The number of alkyl halides is 3. The normalized spacial score (nSPS) is 15.4. The van der Waals surface area contributed by atoms with Gasteiger partial charge in [0.2, 0.25) is 0 Å². The molecule has 0 N–H and O–H groups in total. The minimum absolute atomic E-state index is 0.0769. The summed E-state index contributed by atoms with van der Waals surface area (Å²) in [5, 5.41) is 3.70. The Hall–Kier alpha value is -4.15. The highest BCUT2D eigenvalue weighted by Crippen LogP contribution is 2.41. The highest BCUT2D eigenvalue weighted by Gasteiger charge is 2.39. The van der Waals surface area contributed by atoms with Crippen molar-refractivity contribution in [2.75, 3.05) is 18.1 Å². The summed E-state index contributed by atoms with van der Waals surface area (Å²) >= 11 is 0. The van der Waals surface area contributed by atoms with Gasteiger partial charge in [-0.1, -0.05) is 0 Å². The number of anilines is 1. The number of nitrogens with zero attached hydrogens (tertiary/aromatic N) is 5. The maximum Gasteiger partial charge on any atom is 0.435 e. The van der Waals surface area contributed by atoms with Crippen LogP contribution in [0.4, 0.5) is 23.2 Å². The number of ether oxygens (including phenoxy) is 1. The summed E-state index contributed by atoms with van der Waals surface area (Å²) in [6.45, 7) is 2.78. The highest BCUT2D eigenvalue weighted by atomic mass is 19.4. The fraction of sp³-hybridized carbons (Fsp3) is 0.345.